The Morgan fingerprint density at radius 1 is 0.556 bits per heavy atom. The largest absolute Gasteiger partial charge is 0.0584 e. The summed E-state index contributed by atoms with van der Waals surface area (Å²) < 4.78 is 1.32. The highest BCUT2D eigenvalue weighted by Gasteiger charge is 2.13. The summed E-state index contributed by atoms with van der Waals surface area (Å²) in [5.41, 5.74) is 8.75. The van der Waals surface area contributed by atoms with E-state index in [1.165, 1.54) is 82.8 Å². The Hall–Kier alpha value is -1.61. The summed E-state index contributed by atoms with van der Waals surface area (Å²) in [6, 6.07) is 25.1. The van der Waals surface area contributed by atoms with E-state index in [0.29, 0.717) is 0 Å². The molecule has 0 unspecified atom stereocenters. The number of unbranched alkanes of at least 4 members (excludes halogenated alkanes) is 3. The molecule has 1 aliphatic carbocycles. The molecule has 27 heavy (non-hydrogen) atoms. The summed E-state index contributed by atoms with van der Waals surface area (Å²) in [5.74, 6) is 0. The van der Waals surface area contributed by atoms with Gasteiger partial charge in [0.1, 0.15) is 0 Å². The highest BCUT2D eigenvalue weighted by Crippen LogP contribution is 2.29. The van der Waals surface area contributed by atoms with Crippen molar-refractivity contribution in [2.45, 2.75) is 51.4 Å². The predicted octanol–water partition coefficient (Wildman–Crippen LogP) is 7.40. The fourth-order valence-corrected chi connectivity index (χ4v) is 4.26. The Morgan fingerprint density at radius 2 is 1.11 bits per heavy atom. The van der Waals surface area contributed by atoms with Crippen LogP contribution in [0.3, 0.4) is 0 Å². The van der Waals surface area contributed by atoms with E-state index in [9.17, 15) is 0 Å². The van der Waals surface area contributed by atoms with Gasteiger partial charge in [-0.15, -0.1) is 0 Å². The smallest absolute Gasteiger partial charge is 0.0130 e. The van der Waals surface area contributed by atoms with Crippen LogP contribution in [0, 0.1) is 3.57 Å². The van der Waals surface area contributed by atoms with E-state index in [2.05, 4.69) is 89.3 Å². The Morgan fingerprint density at radius 3 is 1.67 bits per heavy atom. The normalized spacial score (nSPS) is 12.5. The van der Waals surface area contributed by atoms with Crippen LogP contribution < -0.4 is 0 Å². The van der Waals surface area contributed by atoms with Crippen LogP contribution in [-0.4, -0.2) is 0 Å². The summed E-state index contributed by atoms with van der Waals surface area (Å²) in [7, 11) is 0. The fourth-order valence-electron chi connectivity index (χ4n) is 3.90. The minimum atomic E-state index is 1.20. The molecule has 0 saturated heterocycles. The Labute approximate surface area is 177 Å². The molecule has 3 aromatic carbocycles. The molecule has 0 spiro atoms. The second-order valence-corrected chi connectivity index (χ2v) is 8.97. The van der Waals surface area contributed by atoms with Crippen LogP contribution in [0.25, 0.3) is 11.1 Å². The van der Waals surface area contributed by atoms with Crippen molar-refractivity contribution in [2.24, 2.45) is 0 Å². The van der Waals surface area contributed by atoms with Crippen molar-refractivity contribution >= 4 is 22.6 Å². The molecule has 0 amide bonds. The Balaban J connectivity index is 1.19. The monoisotopic (exact) mass is 466 g/mol. The molecular weight excluding hydrogens is 439 g/mol. The first-order valence-electron chi connectivity index (χ1n) is 10.2. The van der Waals surface area contributed by atoms with Gasteiger partial charge in [0.05, 0.1) is 0 Å². The van der Waals surface area contributed by atoms with E-state index >= 15 is 0 Å². The molecular formula is C26H27I. The van der Waals surface area contributed by atoms with Crippen molar-refractivity contribution in [1.82, 2.24) is 0 Å². The number of fused-ring (bicyclic) bond motifs is 1. The Kier molecular flexibility index (Phi) is 6.28. The van der Waals surface area contributed by atoms with Gasteiger partial charge in [-0.3, -0.25) is 0 Å². The fraction of sp³-hybridized carbons (Fsp3) is 0.308. The minimum Gasteiger partial charge on any atom is -0.0584 e. The van der Waals surface area contributed by atoms with Crippen LogP contribution in [0.2, 0.25) is 0 Å². The standard InChI is InChI=1S/C26H27I/c27-26-17-9-21(10-18-26)6-4-2-1-3-5-20-7-11-22(12-8-20)24-15-13-23-14-16-25(23)19-24/h7-13,15,17-19H,1-6,14,16H2. The lowest BCUT2D eigenvalue weighted by Crippen LogP contribution is -2.07. The van der Waals surface area contributed by atoms with Gasteiger partial charge in [-0.25, -0.2) is 0 Å². The molecule has 1 heteroatoms. The third-order valence-corrected chi connectivity index (χ3v) is 6.47. The lowest BCUT2D eigenvalue weighted by atomic mass is 9.86. The van der Waals surface area contributed by atoms with E-state index < -0.39 is 0 Å². The van der Waals surface area contributed by atoms with Crippen molar-refractivity contribution in [3.8, 4) is 11.1 Å². The number of halogens is 1. The molecule has 0 fully saturated rings. The lowest BCUT2D eigenvalue weighted by molar-refractivity contribution is 0.640. The zero-order chi connectivity index (χ0) is 18.5. The van der Waals surface area contributed by atoms with Gasteiger partial charge in [-0.1, -0.05) is 67.4 Å². The molecule has 1 aliphatic rings. The van der Waals surface area contributed by atoms with Crippen LogP contribution in [0.15, 0.2) is 66.7 Å². The highest BCUT2D eigenvalue weighted by atomic mass is 127. The van der Waals surface area contributed by atoms with E-state index in [0.717, 1.165) is 0 Å². The lowest BCUT2D eigenvalue weighted by Gasteiger charge is -2.19. The van der Waals surface area contributed by atoms with Crippen LogP contribution in [-0.2, 0) is 25.7 Å². The van der Waals surface area contributed by atoms with E-state index in [1.54, 1.807) is 5.56 Å². The van der Waals surface area contributed by atoms with Gasteiger partial charge in [0.15, 0.2) is 0 Å². The second-order valence-electron chi connectivity index (χ2n) is 7.72. The molecule has 0 N–H and O–H groups in total. The molecule has 0 radical (unpaired) electrons. The topological polar surface area (TPSA) is 0 Å². The van der Waals surface area contributed by atoms with E-state index in [1.807, 2.05) is 0 Å². The summed E-state index contributed by atoms with van der Waals surface area (Å²) in [4.78, 5) is 0. The number of hydrogen-bond acceptors (Lipinski definition) is 0. The molecule has 0 heterocycles. The molecule has 138 valence electrons. The number of aryl methyl sites for hydroxylation is 4. The molecule has 0 aliphatic heterocycles. The molecule has 0 aromatic heterocycles. The molecule has 0 atom stereocenters. The third kappa shape index (κ3) is 5.01. The Bertz CT molecular complexity index is 875. The van der Waals surface area contributed by atoms with Gasteiger partial charge in [0.25, 0.3) is 0 Å². The minimum absolute atomic E-state index is 1.20. The highest BCUT2D eigenvalue weighted by molar-refractivity contribution is 14.1. The summed E-state index contributed by atoms with van der Waals surface area (Å²) in [6.07, 6.45) is 10.2. The van der Waals surface area contributed by atoms with Crippen molar-refractivity contribution in [3.63, 3.8) is 0 Å². The number of rotatable bonds is 8. The van der Waals surface area contributed by atoms with E-state index in [-0.39, 0.29) is 0 Å². The van der Waals surface area contributed by atoms with Gasteiger partial charge in [0.2, 0.25) is 0 Å². The first kappa shape index (κ1) is 18.7. The molecule has 0 nitrogen and oxygen atoms in total. The summed E-state index contributed by atoms with van der Waals surface area (Å²) >= 11 is 2.37. The van der Waals surface area contributed by atoms with Crippen molar-refractivity contribution in [1.29, 1.82) is 0 Å². The summed E-state index contributed by atoms with van der Waals surface area (Å²) in [6.45, 7) is 0. The molecule has 0 bridgehead atoms. The van der Waals surface area contributed by atoms with Crippen molar-refractivity contribution in [2.75, 3.05) is 0 Å². The average molecular weight is 466 g/mol. The van der Waals surface area contributed by atoms with Crippen LogP contribution in [0.5, 0.6) is 0 Å². The molecule has 4 rings (SSSR count). The van der Waals surface area contributed by atoms with Crippen LogP contribution in [0.4, 0.5) is 0 Å². The number of benzene rings is 3. The van der Waals surface area contributed by atoms with Crippen LogP contribution in [0.1, 0.15) is 47.9 Å². The van der Waals surface area contributed by atoms with Crippen molar-refractivity contribution < 1.29 is 0 Å². The molecule has 3 aromatic rings. The second kappa shape index (κ2) is 9.05. The number of hydrogen-bond donors (Lipinski definition) is 0. The SMILES string of the molecule is Ic1ccc(CCCCCCc2ccc(-c3ccc4c(c3)CC4)cc2)cc1. The zero-order valence-corrected chi connectivity index (χ0v) is 18.0. The quantitative estimate of drug-likeness (QED) is 0.240. The third-order valence-electron chi connectivity index (χ3n) is 5.75. The maximum atomic E-state index is 2.38. The van der Waals surface area contributed by atoms with Gasteiger partial charge in [-0.05, 0) is 107 Å². The van der Waals surface area contributed by atoms with Gasteiger partial charge in [-0.2, -0.15) is 0 Å². The maximum absolute atomic E-state index is 2.38. The first-order chi connectivity index (χ1) is 13.3. The van der Waals surface area contributed by atoms with Gasteiger partial charge >= 0.3 is 0 Å². The molecule has 0 saturated carbocycles. The predicted molar refractivity (Wildman–Crippen MR) is 124 cm³/mol. The summed E-state index contributed by atoms with van der Waals surface area (Å²) in [5, 5.41) is 0. The maximum Gasteiger partial charge on any atom is 0.0130 e. The zero-order valence-electron chi connectivity index (χ0n) is 15.9. The van der Waals surface area contributed by atoms with Crippen molar-refractivity contribution in [3.05, 3.63) is 92.6 Å². The van der Waals surface area contributed by atoms with Crippen LogP contribution >= 0.6 is 22.6 Å². The first-order valence-corrected chi connectivity index (χ1v) is 11.3. The van der Waals surface area contributed by atoms with Gasteiger partial charge < -0.3 is 0 Å². The van der Waals surface area contributed by atoms with Gasteiger partial charge in [0, 0.05) is 3.57 Å². The average Bonchev–Trinajstić information content (AvgIpc) is 2.67. The van der Waals surface area contributed by atoms with E-state index in [4.69, 9.17) is 0 Å².